The van der Waals surface area contributed by atoms with E-state index >= 15 is 0 Å². The van der Waals surface area contributed by atoms with Crippen LogP contribution in [0, 0.1) is 18.4 Å². The van der Waals surface area contributed by atoms with Crippen molar-refractivity contribution in [2.45, 2.75) is 44.2 Å². The van der Waals surface area contributed by atoms with Crippen molar-refractivity contribution in [3.8, 4) is 5.75 Å². The SMILES string of the molecule is NC(=O)C1CCCN([CH]C=O)C1(Cc1ccc(OCc2ccccc2)cc1)C1CCNCC1. The van der Waals surface area contributed by atoms with Crippen molar-refractivity contribution in [2.24, 2.45) is 17.6 Å². The lowest BCUT2D eigenvalue weighted by Gasteiger charge is -2.56. The van der Waals surface area contributed by atoms with Crippen molar-refractivity contribution in [2.75, 3.05) is 19.6 Å². The Morgan fingerprint density at radius 3 is 2.45 bits per heavy atom. The smallest absolute Gasteiger partial charge is 0.222 e. The number of piperidine rings is 2. The number of carbonyl (C=O) groups is 2. The summed E-state index contributed by atoms with van der Waals surface area (Å²) in [5.74, 6) is 0.534. The Morgan fingerprint density at radius 2 is 1.79 bits per heavy atom. The molecular formula is C27H34N3O3. The van der Waals surface area contributed by atoms with Gasteiger partial charge in [-0.2, -0.15) is 0 Å². The fourth-order valence-electron chi connectivity index (χ4n) is 5.78. The van der Waals surface area contributed by atoms with E-state index in [0.29, 0.717) is 13.0 Å². The second kappa shape index (κ2) is 10.9. The number of carbonyl (C=O) groups excluding carboxylic acids is 2. The maximum absolute atomic E-state index is 12.7. The van der Waals surface area contributed by atoms with Crippen molar-refractivity contribution in [3.63, 3.8) is 0 Å². The second-order valence-corrected chi connectivity index (χ2v) is 9.19. The van der Waals surface area contributed by atoms with E-state index < -0.39 is 5.54 Å². The van der Waals surface area contributed by atoms with E-state index in [0.717, 1.165) is 68.5 Å². The van der Waals surface area contributed by atoms with Crippen LogP contribution in [0.25, 0.3) is 0 Å². The molecule has 2 unspecified atom stereocenters. The number of rotatable bonds is 9. The van der Waals surface area contributed by atoms with Gasteiger partial charge in [0.2, 0.25) is 5.91 Å². The van der Waals surface area contributed by atoms with Gasteiger partial charge in [0, 0.05) is 5.54 Å². The number of hydrogen-bond acceptors (Lipinski definition) is 5. The van der Waals surface area contributed by atoms with Gasteiger partial charge in [-0.3, -0.25) is 9.69 Å². The molecule has 6 heteroatoms. The van der Waals surface area contributed by atoms with Gasteiger partial charge >= 0.3 is 0 Å². The zero-order valence-corrected chi connectivity index (χ0v) is 19.1. The number of amides is 1. The first-order valence-corrected chi connectivity index (χ1v) is 11.9. The first-order valence-electron chi connectivity index (χ1n) is 11.9. The third-order valence-corrected chi connectivity index (χ3v) is 7.32. The van der Waals surface area contributed by atoms with Crippen LogP contribution in [0.15, 0.2) is 54.6 Å². The molecule has 2 aromatic rings. The Labute approximate surface area is 196 Å². The maximum atomic E-state index is 12.7. The molecule has 175 valence electrons. The van der Waals surface area contributed by atoms with Crippen LogP contribution in [-0.2, 0) is 22.6 Å². The van der Waals surface area contributed by atoms with E-state index in [1.54, 1.807) is 6.54 Å². The summed E-state index contributed by atoms with van der Waals surface area (Å²) in [6.45, 7) is 4.75. The zero-order valence-electron chi connectivity index (χ0n) is 19.1. The molecule has 0 aliphatic carbocycles. The highest BCUT2D eigenvalue weighted by Crippen LogP contribution is 2.45. The molecule has 0 saturated carbocycles. The summed E-state index contributed by atoms with van der Waals surface area (Å²) in [4.78, 5) is 26.4. The highest BCUT2D eigenvalue weighted by atomic mass is 16.5. The molecule has 2 heterocycles. The number of nitrogens with two attached hydrogens (primary N) is 1. The molecule has 2 aromatic carbocycles. The fourth-order valence-corrected chi connectivity index (χ4v) is 5.78. The number of hydrogen-bond donors (Lipinski definition) is 2. The third kappa shape index (κ3) is 5.28. The number of benzene rings is 2. The molecule has 2 aliphatic rings. The molecule has 0 spiro atoms. The lowest BCUT2D eigenvalue weighted by Crippen LogP contribution is -2.65. The Kier molecular flexibility index (Phi) is 7.78. The highest BCUT2D eigenvalue weighted by molar-refractivity contribution is 5.79. The van der Waals surface area contributed by atoms with Crippen LogP contribution in [0.5, 0.6) is 5.75 Å². The zero-order chi connectivity index (χ0) is 23.1. The molecule has 3 N–H and O–H groups in total. The van der Waals surface area contributed by atoms with Crippen molar-refractivity contribution < 1.29 is 14.3 Å². The Hall–Kier alpha value is -2.70. The Bertz CT molecular complexity index is 912. The molecule has 6 nitrogen and oxygen atoms in total. The van der Waals surface area contributed by atoms with Crippen LogP contribution in [0.2, 0.25) is 0 Å². The predicted molar refractivity (Wildman–Crippen MR) is 128 cm³/mol. The fraction of sp³-hybridized carbons (Fsp3) is 0.444. The summed E-state index contributed by atoms with van der Waals surface area (Å²) in [6, 6.07) is 18.2. The van der Waals surface area contributed by atoms with Crippen molar-refractivity contribution in [3.05, 3.63) is 72.3 Å². The van der Waals surface area contributed by atoms with Gasteiger partial charge in [0.1, 0.15) is 18.6 Å². The van der Waals surface area contributed by atoms with Crippen molar-refractivity contribution in [1.29, 1.82) is 0 Å². The number of likely N-dealkylation sites (tertiary alicyclic amines) is 1. The first kappa shape index (κ1) is 23.5. The summed E-state index contributed by atoms with van der Waals surface area (Å²) in [5, 5.41) is 3.43. The number of aldehydes is 1. The maximum Gasteiger partial charge on any atom is 0.222 e. The summed E-state index contributed by atoms with van der Waals surface area (Å²) < 4.78 is 5.95. The summed E-state index contributed by atoms with van der Waals surface area (Å²) in [6.07, 6.45) is 5.07. The van der Waals surface area contributed by atoms with Crippen LogP contribution in [0.3, 0.4) is 0 Å². The standard InChI is InChI=1S/C27H34N3O3/c28-26(32)25-7-4-16-30(17-18-31)27(25,23-12-14-29-15-13-23)19-21-8-10-24(11-9-21)33-20-22-5-2-1-3-6-22/h1-3,5-6,8-11,17-18,23,25,29H,4,7,12-16,19-20H2,(H2,28,32). The first-order chi connectivity index (χ1) is 16.1. The quantitative estimate of drug-likeness (QED) is 0.576. The van der Waals surface area contributed by atoms with E-state index in [4.69, 9.17) is 10.5 Å². The molecule has 4 rings (SSSR count). The normalized spacial score (nSPS) is 24.3. The monoisotopic (exact) mass is 448 g/mol. The minimum Gasteiger partial charge on any atom is -0.489 e. The molecule has 1 amide bonds. The molecule has 0 bridgehead atoms. The molecular weight excluding hydrogens is 414 g/mol. The second-order valence-electron chi connectivity index (χ2n) is 9.19. The van der Waals surface area contributed by atoms with Gasteiger partial charge in [0.15, 0.2) is 0 Å². The number of ether oxygens (including phenoxy) is 1. The summed E-state index contributed by atoms with van der Waals surface area (Å²) >= 11 is 0. The predicted octanol–water partition coefficient (Wildman–Crippen LogP) is 3.10. The van der Waals surface area contributed by atoms with E-state index in [2.05, 4.69) is 22.3 Å². The highest BCUT2D eigenvalue weighted by Gasteiger charge is 2.53. The van der Waals surface area contributed by atoms with Gasteiger partial charge in [-0.15, -0.1) is 0 Å². The lowest BCUT2D eigenvalue weighted by molar-refractivity contribution is -0.135. The van der Waals surface area contributed by atoms with Crippen LogP contribution in [-0.4, -0.2) is 42.3 Å². The summed E-state index contributed by atoms with van der Waals surface area (Å²) in [7, 11) is 0. The number of nitrogens with zero attached hydrogens (tertiary/aromatic N) is 1. The summed E-state index contributed by atoms with van der Waals surface area (Å²) in [5.41, 5.74) is 7.74. The van der Waals surface area contributed by atoms with E-state index in [1.807, 2.05) is 42.5 Å². The van der Waals surface area contributed by atoms with Crippen LogP contribution in [0.1, 0.15) is 36.8 Å². The van der Waals surface area contributed by atoms with Crippen LogP contribution < -0.4 is 15.8 Å². The lowest BCUT2D eigenvalue weighted by atomic mass is 9.62. The molecule has 2 fully saturated rings. The van der Waals surface area contributed by atoms with Gasteiger partial charge in [-0.05, 0) is 80.9 Å². The third-order valence-electron chi connectivity index (χ3n) is 7.32. The topological polar surface area (TPSA) is 84.7 Å². The van der Waals surface area contributed by atoms with Crippen LogP contribution in [0.4, 0.5) is 0 Å². The largest absolute Gasteiger partial charge is 0.489 e. The van der Waals surface area contributed by atoms with E-state index in [9.17, 15) is 9.59 Å². The Balaban J connectivity index is 1.59. The average Bonchev–Trinajstić information content (AvgIpc) is 2.86. The Morgan fingerprint density at radius 1 is 1.06 bits per heavy atom. The average molecular weight is 449 g/mol. The number of primary amides is 1. The minimum absolute atomic E-state index is 0.264. The van der Waals surface area contributed by atoms with Crippen molar-refractivity contribution in [1.82, 2.24) is 10.2 Å². The van der Waals surface area contributed by atoms with E-state index in [1.165, 1.54) is 0 Å². The van der Waals surface area contributed by atoms with Gasteiger partial charge < -0.3 is 20.6 Å². The molecule has 2 atom stereocenters. The molecule has 2 aliphatic heterocycles. The molecule has 0 aromatic heterocycles. The van der Waals surface area contributed by atoms with Crippen LogP contribution >= 0.6 is 0 Å². The molecule has 2 saturated heterocycles. The number of nitrogens with one attached hydrogen (secondary N) is 1. The van der Waals surface area contributed by atoms with Gasteiger partial charge in [0.25, 0.3) is 0 Å². The van der Waals surface area contributed by atoms with Crippen molar-refractivity contribution >= 4 is 12.2 Å². The van der Waals surface area contributed by atoms with Gasteiger partial charge in [-0.25, -0.2) is 0 Å². The minimum atomic E-state index is -0.487. The van der Waals surface area contributed by atoms with Gasteiger partial charge in [0.05, 0.1) is 12.5 Å². The van der Waals surface area contributed by atoms with Gasteiger partial charge in [-0.1, -0.05) is 42.5 Å². The molecule has 1 radical (unpaired) electrons. The van der Waals surface area contributed by atoms with E-state index in [-0.39, 0.29) is 17.7 Å². The molecule has 33 heavy (non-hydrogen) atoms.